The average molecular weight is 286 g/mol. The molecule has 1 heterocycles. The molecule has 0 atom stereocenters. The van der Waals surface area contributed by atoms with E-state index in [9.17, 15) is 4.79 Å². The van der Waals surface area contributed by atoms with Crippen molar-refractivity contribution in [2.75, 3.05) is 5.32 Å². The standard InChI is InChI=1S/C17H23N3O/c1-6-19-14(4)10-15(5)20(19)11-16(21)18-17-12(2)8-7-9-13(17)3/h7-10H,6,11H2,1-5H3/p+1. The third kappa shape index (κ3) is 3.15. The maximum Gasteiger partial charge on any atom is 0.292 e. The Hall–Kier alpha value is -2.10. The number of anilines is 1. The Kier molecular flexibility index (Phi) is 4.46. The Morgan fingerprint density at radius 2 is 1.81 bits per heavy atom. The molecule has 1 N–H and O–H groups in total. The summed E-state index contributed by atoms with van der Waals surface area (Å²) in [6.07, 6.45) is 0. The van der Waals surface area contributed by atoms with Crippen LogP contribution in [0.4, 0.5) is 5.69 Å². The molecule has 1 aromatic heterocycles. The van der Waals surface area contributed by atoms with Crippen LogP contribution in [-0.4, -0.2) is 10.6 Å². The highest BCUT2D eigenvalue weighted by atomic mass is 16.2. The lowest BCUT2D eigenvalue weighted by atomic mass is 10.1. The molecule has 1 amide bonds. The highest BCUT2D eigenvalue weighted by molar-refractivity contribution is 5.91. The van der Waals surface area contributed by atoms with E-state index >= 15 is 0 Å². The highest BCUT2D eigenvalue weighted by Gasteiger charge is 2.20. The molecule has 21 heavy (non-hydrogen) atoms. The van der Waals surface area contributed by atoms with Gasteiger partial charge in [-0.3, -0.25) is 4.79 Å². The van der Waals surface area contributed by atoms with Crippen molar-refractivity contribution in [3.8, 4) is 0 Å². The molecule has 2 rings (SSSR count). The summed E-state index contributed by atoms with van der Waals surface area (Å²) in [7, 11) is 0. The molecule has 112 valence electrons. The number of aromatic nitrogens is 2. The predicted octanol–water partition coefficient (Wildman–Crippen LogP) is 2.67. The van der Waals surface area contributed by atoms with E-state index in [1.807, 2.05) is 43.7 Å². The first-order valence-corrected chi connectivity index (χ1v) is 7.37. The monoisotopic (exact) mass is 286 g/mol. The van der Waals surface area contributed by atoms with E-state index in [1.54, 1.807) is 0 Å². The third-order valence-corrected chi connectivity index (χ3v) is 3.86. The fourth-order valence-corrected chi connectivity index (χ4v) is 2.79. The van der Waals surface area contributed by atoms with Gasteiger partial charge in [-0.15, -0.1) is 4.68 Å². The lowest BCUT2D eigenvalue weighted by Crippen LogP contribution is -2.49. The summed E-state index contributed by atoms with van der Waals surface area (Å²) in [6.45, 7) is 11.4. The van der Waals surface area contributed by atoms with Gasteiger partial charge >= 0.3 is 0 Å². The van der Waals surface area contributed by atoms with Crippen LogP contribution in [0.3, 0.4) is 0 Å². The van der Waals surface area contributed by atoms with Crippen molar-refractivity contribution < 1.29 is 9.48 Å². The largest absolute Gasteiger partial charge is 0.320 e. The molecule has 1 aromatic carbocycles. The van der Waals surface area contributed by atoms with E-state index in [4.69, 9.17) is 0 Å². The van der Waals surface area contributed by atoms with Gasteiger partial charge in [-0.05, 0) is 38.8 Å². The number of carbonyl (C=O) groups is 1. The molecule has 0 radical (unpaired) electrons. The Bertz CT molecular complexity index is 651. The van der Waals surface area contributed by atoms with Crippen molar-refractivity contribution in [2.24, 2.45) is 0 Å². The van der Waals surface area contributed by atoms with Gasteiger partial charge in [0.25, 0.3) is 5.91 Å². The molecule has 0 aliphatic rings. The molecule has 0 spiro atoms. The first-order valence-electron chi connectivity index (χ1n) is 7.37. The summed E-state index contributed by atoms with van der Waals surface area (Å²) < 4.78 is 4.15. The minimum Gasteiger partial charge on any atom is -0.320 e. The molecule has 0 aliphatic carbocycles. The van der Waals surface area contributed by atoms with Gasteiger partial charge in [0, 0.05) is 18.7 Å². The van der Waals surface area contributed by atoms with Gasteiger partial charge in [-0.2, -0.15) is 4.68 Å². The van der Waals surface area contributed by atoms with Crippen molar-refractivity contribution in [3.05, 3.63) is 46.8 Å². The van der Waals surface area contributed by atoms with E-state index in [2.05, 4.69) is 29.9 Å². The molecule has 2 aromatic rings. The van der Waals surface area contributed by atoms with Crippen LogP contribution in [-0.2, 0) is 17.9 Å². The predicted molar refractivity (Wildman–Crippen MR) is 84.3 cm³/mol. The number of carbonyl (C=O) groups excluding carboxylic acids is 1. The maximum atomic E-state index is 12.4. The van der Waals surface area contributed by atoms with Crippen molar-refractivity contribution in [3.63, 3.8) is 0 Å². The first-order chi connectivity index (χ1) is 9.93. The first kappa shape index (κ1) is 15.3. The number of rotatable bonds is 4. The molecular weight excluding hydrogens is 262 g/mol. The lowest BCUT2D eigenvalue weighted by Gasteiger charge is -2.10. The molecule has 0 unspecified atom stereocenters. The Morgan fingerprint density at radius 1 is 1.19 bits per heavy atom. The quantitative estimate of drug-likeness (QED) is 0.862. The fourth-order valence-electron chi connectivity index (χ4n) is 2.79. The minimum atomic E-state index is 0.00769. The van der Waals surface area contributed by atoms with Crippen LogP contribution in [0.25, 0.3) is 0 Å². The molecule has 4 heteroatoms. The molecule has 0 saturated carbocycles. The maximum absolute atomic E-state index is 12.4. The molecule has 0 fully saturated rings. The zero-order chi connectivity index (χ0) is 15.6. The van der Waals surface area contributed by atoms with Gasteiger partial charge in [0.2, 0.25) is 12.2 Å². The summed E-state index contributed by atoms with van der Waals surface area (Å²) in [5.74, 6) is 0.00769. The summed E-state index contributed by atoms with van der Waals surface area (Å²) in [6, 6.07) is 8.14. The topological polar surface area (TPSA) is 37.9 Å². The number of amides is 1. The van der Waals surface area contributed by atoms with Gasteiger partial charge in [-0.25, -0.2) is 0 Å². The Balaban J connectivity index is 2.20. The van der Waals surface area contributed by atoms with Crippen molar-refractivity contribution >= 4 is 11.6 Å². The van der Waals surface area contributed by atoms with Crippen LogP contribution in [0.15, 0.2) is 24.3 Å². The second-order valence-corrected chi connectivity index (χ2v) is 5.52. The fraction of sp³-hybridized carbons (Fsp3) is 0.412. The van der Waals surface area contributed by atoms with E-state index < -0.39 is 0 Å². The Labute approximate surface area is 126 Å². The SMILES string of the molecule is CCn1c(C)cc(C)[n+]1CC(=O)Nc1c(C)cccc1C. The number of nitrogens with zero attached hydrogens (tertiary/aromatic N) is 2. The second-order valence-electron chi connectivity index (χ2n) is 5.52. The number of hydrogen-bond donors (Lipinski definition) is 1. The van der Waals surface area contributed by atoms with Crippen LogP contribution >= 0.6 is 0 Å². The van der Waals surface area contributed by atoms with E-state index in [1.165, 1.54) is 5.69 Å². The summed E-state index contributed by atoms with van der Waals surface area (Å²) >= 11 is 0. The molecule has 0 saturated heterocycles. The van der Waals surface area contributed by atoms with Crippen LogP contribution in [0, 0.1) is 27.7 Å². The van der Waals surface area contributed by atoms with Gasteiger partial charge in [0.15, 0.2) is 0 Å². The normalized spacial score (nSPS) is 10.7. The van der Waals surface area contributed by atoms with E-state index in [0.717, 1.165) is 29.1 Å². The highest BCUT2D eigenvalue weighted by Crippen LogP contribution is 2.19. The summed E-state index contributed by atoms with van der Waals surface area (Å²) in [4.78, 5) is 12.4. The van der Waals surface area contributed by atoms with Crippen LogP contribution < -0.4 is 10.00 Å². The van der Waals surface area contributed by atoms with E-state index in [-0.39, 0.29) is 5.91 Å². The number of benzene rings is 1. The average Bonchev–Trinajstić information content (AvgIpc) is 2.68. The number of aryl methyl sites for hydroxylation is 4. The second kappa shape index (κ2) is 6.12. The molecular formula is C17H24N3O+. The van der Waals surface area contributed by atoms with Gasteiger partial charge in [0.1, 0.15) is 0 Å². The van der Waals surface area contributed by atoms with Crippen molar-refractivity contribution in [1.82, 2.24) is 4.68 Å². The van der Waals surface area contributed by atoms with Crippen molar-refractivity contribution in [2.45, 2.75) is 47.7 Å². The molecule has 0 aliphatic heterocycles. The van der Waals surface area contributed by atoms with Crippen LogP contribution in [0.5, 0.6) is 0 Å². The number of nitrogens with one attached hydrogen (secondary N) is 1. The van der Waals surface area contributed by atoms with Gasteiger partial charge in [0.05, 0.1) is 12.2 Å². The third-order valence-electron chi connectivity index (χ3n) is 3.86. The number of hydrogen-bond acceptors (Lipinski definition) is 1. The van der Waals surface area contributed by atoms with Gasteiger partial charge < -0.3 is 5.32 Å². The van der Waals surface area contributed by atoms with Crippen LogP contribution in [0.1, 0.15) is 29.4 Å². The molecule has 0 bridgehead atoms. The molecule has 4 nitrogen and oxygen atoms in total. The summed E-state index contributed by atoms with van der Waals surface area (Å²) in [5.41, 5.74) is 5.38. The Morgan fingerprint density at radius 3 is 2.38 bits per heavy atom. The van der Waals surface area contributed by atoms with E-state index in [0.29, 0.717) is 6.54 Å². The van der Waals surface area contributed by atoms with Gasteiger partial charge in [-0.1, -0.05) is 18.2 Å². The minimum absolute atomic E-state index is 0.00769. The zero-order valence-corrected chi connectivity index (χ0v) is 13.5. The van der Waals surface area contributed by atoms with Crippen molar-refractivity contribution in [1.29, 1.82) is 0 Å². The van der Waals surface area contributed by atoms with Crippen LogP contribution in [0.2, 0.25) is 0 Å². The lowest BCUT2D eigenvalue weighted by molar-refractivity contribution is -0.769. The smallest absolute Gasteiger partial charge is 0.292 e. The summed E-state index contributed by atoms with van der Waals surface area (Å²) in [5, 5.41) is 3.04. The zero-order valence-electron chi connectivity index (χ0n) is 13.5. The number of para-hydroxylation sites is 1.